The van der Waals surface area contributed by atoms with Gasteiger partial charge in [0.2, 0.25) is 0 Å². The van der Waals surface area contributed by atoms with Gasteiger partial charge in [-0.1, -0.05) is 6.07 Å². The highest BCUT2D eigenvalue weighted by atomic mass is 16.5. The minimum absolute atomic E-state index is 0.245. The number of carboxylic acids is 1. The van der Waals surface area contributed by atoms with Crippen LogP contribution in [0.1, 0.15) is 29.3 Å². The summed E-state index contributed by atoms with van der Waals surface area (Å²) in [7, 11) is 0. The zero-order chi connectivity index (χ0) is 12.1. The van der Waals surface area contributed by atoms with Gasteiger partial charge in [0.25, 0.3) is 0 Å². The average Bonchev–Trinajstić information content (AvgIpc) is 2.19. The molecule has 88 valence electrons. The molecule has 0 saturated carbocycles. The fourth-order valence-electron chi connectivity index (χ4n) is 1.34. The molecule has 0 saturated heterocycles. The number of hydrogen-bond acceptors (Lipinski definition) is 3. The fraction of sp³-hybridized carbons (Fsp3) is 0.417. The Morgan fingerprint density at radius 1 is 1.50 bits per heavy atom. The van der Waals surface area contributed by atoms with Crippen molar-refractivity contribution in [1.29, 1.82) is 0 Å². The number of carbonyl (C=O) groups is 1. The van der Waals surface area contributed by atoms with Crippen LogP contribution in [-0.2, 0) is 0 Å². The molecule has 1 aromatic rings. The molecular weight excluding hydrogens is 208 g/mol. The minimum atomic E-state index is -0.960. The first kappa shape index (κ1) is 12.5. The third kappa shape index (κ3) is 3.24. The lowest BCUT2D eigenvalue weighted by Gasteiger charge is -2.11. The lowest BCUT2D eigenvalue weighted by Crippen LogP contribution is -2.09. The Labute approximate surface area is 94.5 Å². The number of carboxylic acid groups (broad SMARTS) is 1. The molecule has 0 aromatic heterocycles. The van der Waals surface area contributed by atoms with E-state index in [0.717, 1.165) is 0 Å². The number of aliphatic hydroxyl groups excluding tert-OH is 1. The van der Waals surface area contributed by atoms with Crippen molar-refractivity contribution in [2.45, 2.75) is 26.4 Å². The van der Waals surface area contributed by atoms with Crippen molar-refractivity contribution in [3.63, 3.8) is 0 Å². The topological polar surface area (TPSA) is 66.8 Å². The summed E-state index contributed by atoms with van der Waals surface area (Å²) < 4.78 is 5.42. The van der Waals surface area contributed by atoms with E-state index in [1.165, 1.54) is 0 Å². The molecule has 0 radical (unpaired) electrons. The molecule has 0 aliphatic heterocycles. The Morgan fingerprint density at radius 3 is 2.75 bits per heavy atom. The van der Waals surface area contributed by atoms with Crippen molar-refractivity contribution in [2.75, 3.05) is 6.61 Å². The van der Waals surface area contributed by atoms with Crippen LogP contribution in [-0.4, -0.2) is 28.9 Å². The van der Waals surface area contributed by atoms with Gasteiger partial charge in [-0.2, -0.15) is 0 Å². The zero-order valence-electron chi connectivity index (χ0n) is 9.43. The van der Waals surface area contributed by atoms with Gasteiger partial charge in [0.15, 0.2) is 0 Å². The van der Waals surface area contributed by atoms with Crippen LogP contribution < -0.4 is 4.74 Å². The summed E-state index contributed by atoms with van der Waals surface area (Å²) >= 11 is 0. The van der Waals surface area contributed by atoms with Gasteiger partial charge in [0.1, 0.15) is 5.75 Å². The van der Waals surface area contributed by atoms with Crippen LogP contribution in [0.5, 0.6) is 5.75 Å². The minimum Gasteiger partial charge on any atom is -0.493 e. The first-order chi connectivity index (χ1) is 7.52. The van der Waals surface area contributed by atoms with Crippen molar-refractivity contribution < 1.29 is 19.7 Å². The first-order valence-electron chi connectivity index (χ1n) is 5.16. The van der Waals surface area contributed by atoms with Gasteiger partial charge < -0.3 is 14.9 Å². The average molecular weight is 224 g/mol. The lowest BCUT2D eigenvalue weighted by atomic mass is 10.1. The molecule has 1 rings (SSSR count). The Kier molecular flexibility index (Phi) is 4.31. The van der Waals surface area contributed by atoms with E-state index in [-0.39, 0.29) is 5.56 Å². The number of rotatable bonds is 5. The highest BCUT2D eigenvalue weighted by Gasteiger charge is 2.10. The van der Waals surface area contributed by atoms with Crippen molar-refractivity contribution in [3.8, 4) is 5.75 Å². The number of hydrogen-bond donors (Lipinski definition) is 2. The third-order valence-corrected chi connectivity index (χ3v) is 2.31. The standard InChI is InChI=1S/C12H16O4/c1-8(13)6-7-16-11-5-3-4-10(9(11)2)12(14)15/h3-5,8,13H,6-7H2,1-2H3,(H,14,15). The molecule has 1 aromatic carbocycles. The van der Waals surface area contributed by atoms with E-state index in [9.17, 15) is 4.79 Å². The largest absolute Gasteiger partial charge is 0.493 e. The Balaban J connectivity index is 2.73. The van der Waals surface area contributed by atoms with E-state index in [2.05, 4.69) is 0 Å². The van der Waals surface area contributed by atoms with E-state index in [1.54, 1.807) is 32.0 Å². The van der Waals surface area contributed by atoms with Gasteiger partial charge >= 0.3 is 5.97 Å². The van der Waals surface area contributed by atoms with Crippen LogP contribution in [0, 0.1) is 6.92 Å². The number of aromatic carboxylic acids is 1. The van der Waals surface area contributed by atoms with Crippen molar-refractivity contribution in [2.24, 2.45) is 0 Å². The van der Waals surface area contributed by atoms with Crippen LogP contribution in [0.4, 0.5) is 0 Å². The van der Waals surface area contributed by atoms with E-state index in [0.29, 0.717) is 24.3 Å². The number of aliphatic hydroxyl groups is 1. The predicted molar refractivity (Wildman–Crippen MR) is 59.9 cm³/mol. The molecule has 4 nitrogen and oxygen atoms in total. The summed E-state index contributed by atoms with van der Waals surface area (Å²) in [5.41, 5.74) is 0.857. The summed E-state index contributed by atoms with van der Waals surface area (Å²) in [4.78, 5) is 10.9. The Bertz CT molecular complexity index is 371. The predicted octanol–water partition coefficient (Wildman–Crippen LogP) is 1.84. The maximum atomic E-state index is 10.9. The smallest absolute Gasteiger partial charge is 0.336 e. The van der Waals surface area contributed by atoms with E-state index >= 15 is 0 Å². The zero-order valence-corrected chi connectivity index (χ0v) is 9.43. The van der Waals surface area contributed by atoms with E-state index in [4.69, 9.17) is 14.9 Å². The van der Waals surface area contributed by atoms with Gasteiger partial charge in [0.05, 0.1) is 18.3 Å². The second kappa shape index (κ2) is 5.51. The van der Waals surface area contributed by atoms with Crippen molar-refractivity contribution in [1.82, 2.24) is 0 Å². The van der Waals surface area contributed by atoms with Gasteiger partial charge in [-0.15, -0.1) is 0 Å². The van der Waals surface area contributed by atoms with Gasteiger partial charge in [0, 0.05) is 12.0 Å². The number of ether oxygens (including phenoxy) is 1. The van der Waals surface area contributed by atoms with Crippen molar-refractivity contribution in [3.05, 3.63) is 29.3 Å². The van der Waals surface area contributed by atoms with Gasteiger partial charge in [-0.25, -0.2) is 4.79 Å². The molecule has 0 fully saturated rings. The van der Waals surface area contributed by atoms with Crippen LogP contribution in [0.15, 0.2) is 18.2 Å². The molecule has 4 heteroatoms. The summed E-state index contributed by atoms with van der Waals surface area (Å²) in [5.74, 6) is -0.404. The van der Waals surface area contributed by atoms with Crippen LogP contribution in [0.3, 0.4) is 0 Å². The summed E-state index contributed by atoms with van der Waals surface area (Å²) in [6.07, 6.45) is 0.111. The van der Waals surface area contributed by atoms with Crippen LogP contribution >= 0.6 is 0 Å². The summed E-state index contributed by atoms with van der Waals surface area (Å²) in [6, 6.07) is 4.91. The fourth-order valence-corrected chi connectivity index (χ4v) is 1.34. The molecule has 0 heterocycles. The van der Waals surface area contributed by atoms with Crippen LogP contribution in [0.2, 0.25) is 0 Å². The molecule has 0 spiro atoms. The van der Waals surface area contributed by atoms with Crippen LogP contribution in [0.25, 0.3) is 0 Å². The molecule has 0 bridgehead atoms. The molecule has 0 aliphatic carbocycles. The molecule has 0 amide bonds. The SMILES string of the molecule is Cc1c(OCCC(C)O)cccc1C(=O)O. The molecule has 1 atom stereocenters. The van der Waals surface area contributed by atoms with Gasteiger partial charge in [-0.05, 0) is 26.0 Å². The van der Waals surface area contributed by atoms with E-state index < -0.39 is 12.1 Å². The summed E-state index contributed by atoms with van der Waals surface area (Å²) in [5, 5.41) is 18.0. The molecule has 0 aliphatic rings. The molecule has 1 unspecified atom stereocenters. The monoisotopic (exact) mass is 224 g/mol. The lowest BCUT2D eigenvalue weighted by molar-refractivity contribution is 0.0695. The Hall–Kier alpha value is -1.55. The number of benzene rings is 1. The maximum Gasteiger partial charge on any atom is 0.336 e. The highest BCUT2D eigenvalue weighted by Crippen LogP contribution is 2.21. The third-order valence-electron chi connectivity index (χ3n) is 2.31. The highest BCUT2D eigenvalue weighted by molar-refractivity contribution is 5.90. The second-order valence-corrected chi connectivity index (χ2v) is 3.72. The Morgan fingerprint density at radius 2 is 2.19 bits per heavy atom. The quantitative estimate of drug-likeness (QED) is 0.800. The normalized spacial score (nSPS) is 12.2. The molecule has 16 heavy (non-hydrogen) atoms. The maximum absolute atomic E-state index is 10.9. The summed E-state index contributed by atoms with van der Waals surface area (Å²) in [6.45, 7) is 3.77. The van der Waals surface area contributed by atoms with Crippen molar-refractivity contribution >= 4 is 5.97 Å². The van der Waals surface area contributed by atoms with Gasteiger partial charge in [-0.3, -0.25) is 0 Å². The first-order valence-corrected chi connectivity index (χ1v) is 5.16. The molecule has 2 N–H and O–H groups in total. The van der Waals surface area contributed by atoms with E-state index in [1.807, 2.05) is 0 Å². The second-order valence-electron chi connectivity index (χ2n) is 3.72. The molecular formula is C12H16O4.